The van der Waals surface area contributed by atoms with E-state index in [1.165, 1.54) is 22.4 Å². The molecule has 2 rings (SSSR count). The van der Waals surface area contributed by atoms with E-state index in [0.717, 1.165) is 6.42 Å². The van der Waals surface area contributed by atoms with Gasteiger partial charge in [0, 0.05) is 10.9 Å². The molecule has 0 amide bonds. The summed E-state index contributed by atoms with van der Waals surface area (Å²) in [6, 6.07) is 13.8. The second-order valence-electron chi connectivity index (χ2n) is 4.41. The first kappa shape index (κ1) is 12.3. The van der Waals surface area contributed by atoms with Gasteiger partial charge in [-0.25, -0.2) is 0 Å². The molecule has 0 saturated carbocycles. The van der Waals surface area contributed by atoms with E-state index in [1.54, 1.807) is 11.3 Å². The van der Waals surface area contributed by atoms with Crippen LogP contribution < -0.4 is 5.32 Å². The lowest BCUT2D eigenvalue weighted by Gasteiger charge is -2.10. The fourth-order valence-corrected chi connectivity index (χ4v) is 2.57. The van der Waals surface area contributed by atoms with Crippen LogP contribution >= 0.6 is 11.3 Å². The van der Waals surface area contributed by atoms with Crippen LogP contribution in [0.5, 0.6) is 0 Å². The van der Waals surface area contributed by atoms with Crippen molar-refractivity contribution >= 4 is 11.3 Å². The first-order valence-corrected chi connectivity index (χ1v) is 6.97. The molecule has 90 valence electrons. The molecule has 0 aliphatic rings. The summed E-state index contributed by atoms with van der Waals surface area (Å²) in [5, 5.41) is 5.41. The fraction of sp³-hybridized carbons (Fsp3) is 0.333. The molecule has 17 heavy (non-hydrogen) atoms. The lowest BCUT2D eigenvalue weighted by molar-refractivity contribution is 0.565. The molecule has 0 saturated heterocycles. The molecule has 0 aliphatic carbocycles. The quantitative estimate of drug-likeness (QED) is 0.841. The largest absolute Gasteiger partial charge is 0.317 e. The van der Waals surface area contributed by atoms with E-state index in [1.807, 2.05) is 7.05 Å². The van der Waals surface area contributed by atoms with Gasteiger partial charge >= 0.3 is 0 Å². The first-order valence-electron chi connectivity index (χ1n) is 6.09. The molecule has 2 heteroatoms. The Labute approximate surface area is 108 Å². The van der Waals surface area contributed by atoms with Crippen molar-refractivity contribution in [2.45, 2.75) is 25.8 Å². The minimum atomic E-state index is 0.584. The molecule has 0 radical (unpaired) electrons. The lowest BCUT2D eigenvalue weighted by atomic mass is 10.0. The predicted molar refractivity (Wildman–Crippen MR) is 76.6 cm³/mol. The van der Waals surface area contributed by atoms with E-state index in [4.69, 9.17) is 0 Å². The Morgan fingerprint density at radius 2 is 2.12 bits per heavy atom. The number of rotatable bonds is 5. The van der Waals surface area contributed by atoms with Crippen molar-refractivity contribution in [3.05, 3.63) is 47.3 Å². The third-order valence-corrected chi connectivity index (χ3v) is 4.01. The summed E-state index contributed by atoms with van der Waals surface area (Å²) in [5.74, 6) is 0. The highest BCUT2D eigenvalue weighted by Gasteiger charge is 2.02. The van der Waals surface area contributed by atoms with E-state index < -0.39 is 0 Å². The number of aryl methyl sites for hydroxylation is 1. The van der Waals surface area contributed by atoms with E-state index in [-0.39, 0.29) is 0 Å². The van der Waals surface area contributed by atoms with Gasteiger partial charge in [-0.05, 0) is 49.4 Å². The summed E-state index contributed by atoms with van der Waals surface area (Å²) in [4.78, 5) is 1.36. The number of nitrogens with one attached hydrogen (secondary N) is 1. The molecule has 1 heterocycles. The van der Waals surface area contributed by atoms with Gasteiger partial charge in [0.1, 0.15) is 0 Å². The van der Waals surface area contributed by atoms with Gasteiger partial charge in [-0.3, -0.25) is 0 Å². The third kappa shape index (κ3) is 3.42. The van der Waals surface area contributed by atoms with Crippen LogP contribution in [0.1, 0.15) is 18.9 Å². The Kier molecular flexibility index (Phi) is 4.35. The minimum Gasteiger partial charge on any atom is -0.317 e. The van der Waals surface area contributed by atoms with Gasteiger partial charge in [0.25, 0.3) is 0 Å². The monoisotopic (exact) mass is 245 g/mol. The predicted octanol–water partition coefficient (Wildman–Crippen LogP) is 3.96. The Hall–Kier alpha value is -1.12. The van der Waals surface area contributed by atoms with E-state index >= 15 is 0 Å². The summed E-state index contributed by atoms with van der Waals surface area (Å²) in [7, 11) is 2.02. The maximum absolute atomic E-state index is 3.28. The van der Waals surface area contributed by atoms with Crippen molar-refractivity contribution in [3.63, 3.8) is 0 Å². The minimum absolute atomic E-state index is 0.584. The van der Waals surface area contributed by atoms with Gasteiger partial charge in [0.2, 0.25) is 0 Å². The van der Waals surface area contributed by atoms with Crippen LogP contribution in [0.25, 0.3) is 10.4 Å². The van der Waals surface area contributed by atoms with E-state index in [2.05, 4.69) is 54.0 Å². The summed E-state index contributed by atoms with van der Waals surface area (Å²) in [6.07, 6.45) is 2.33. The Morgan fingerprint density at radius 1 is 1.24 bits per heavy atom. The highest BCUT2D eigenvalue weighted by Crippen LogP contribution is 2.25. The van der Waals surface area contributed by atoms with Crippen molar-refractivity contribution < 1.29 is 0 Å². The molecular formula is C15H19NS. The highest BCUT2D eigenvalue weighted by molar-refractivity contribution is 7.13. The molecule has 1 aromatic carbocycles. The van der Waals surface area contributed by atoms with Crippen LogP contribution in [0, 0.1) is 0 Å². The van der Waals surface area contributed by atoms with Crippen LogP contribution in [0.4, 0.5) is 0 Å². The van der Waals surface area contributed by atoms with Crippen LogP contribution in [-0.2, 0) is 6.42 Å². The third-order valence-electron chi connectivity index (χ3n) is 3.09. The Morgan fingerprint density at radius 3 is 2.82 bits per heavy atom. The van der Waals surface area contributed by atoms with Crippen LogP contribution in [0.15, 0.2) is 41.8 Å². The van der Waals surface area contributed by atoms with E-state index in [9.17, 15) is 0 Å². The van der Waals surface area contributed by atoms with Gasteiger partial charge in [-0.1, -0.05) is 30.3 Å². The Balaban J connectivity index is 2.07. The lowest BCUT2D eigenvalue weighted by Crippen LogP contribution is -2.21. The maximum atomic E-state index is 3.28. The van der Waals surface area contributed by atoms with Crippen molar-refractivity contribution in [1.82, 2.24) is 5.32 Å². The summed E-state index contributed by atoms with van der Waals surface area (Å²) in [5.41, 5.74) is 2.77. The number of thiophene rings is 1. The summed E-state index contributed by atoms with van der Waals surface area (Å²) in [6.45, 7) is 2.23. The second-order valence-corrected chi connectivity index (χ2v) is 5.35. The van der Waals surface area contributed by atoms with Crippen LogP contribution in [0.3, 0.4) is 0 Å². The van der Waals surface area contributed by atoms with Gasteiger partial charge in [-0.15, -0.1) is 11.3 Å². The maximum Gasteiger partial charge on any atom is 0.0342 e. The van der Waals surface area contributed by atoms with Gasteiger partial charge in [0.05, 0.1) is 0 Å². The molecular weight excluding hydrogens is 226 g/mol. The summed E-state index contributed by atoms with van der Waals surface area (Å²) >= 11 is 1.80. The average molecular weight is 245 g/mol. The normalized spacial score (nSPS) is 12.6. The Bertz CT molecular complexity index is 448. The first-order chi connectivity index (χ1) is 8.29. The molecule has 1 unspecified atom stereocenters. The molecule has 1 nitrogen and oxygen atoms in total. The van der Waals surface area contributed by atoms with Crippen molar-refractivity contribution in [3.8, 4) is 10.4 Å². The molecule has 0 aliphatic heterocycles. The van der Waals surface area contributed by atoms with Crippen molar-refractivity contribution in [1.29, 1.82) is 0 Å². The highest BCUT2D eigenvalue weighted by atomic mass is 32.1. The van der Waals surface area contributed by atoms with E-state index in [0.29, 0.717) is 6.04 Å². The smallest absolute Gasteiger partial charge is 0.0342 e. The number of hydrogen-bond acceptors (Lipinski definition) is 2. The molecule has 1 N–H and O–H groups in total. The van der Waals surface area contributed by atoms with Gasteiger partial charge < -0.3 is 5.32 Å². The van der Waals surface area contributed by atoms with Crippen molar-refractivity contribution in [2.75, 3.05) is 7.05 Å². The SMILES string of the molecule is CNC(C)CCc1cccc(-c2cccs2)c1. The van der Waals surface area contributed by atoms with Gasteiger partial charge in [0.15, 0.2) is 0 Å². The molecule has 0 bridgehead atoms. The van der Waals surface area contributed by atoms with Crippen LogP contribution in [0.2, 0.25) is 0 Å². The molecule has 0 fully saturated rings. The standard InChI is InChI=1S/C15H19NS/c1-12(16-2)8-9-13-5-3-6-14(11-13)15-7-4-10-17-15/h3-7,10-12,16H,8-9H2,1-2H3. The van der Waals surface area contributed by atoms with Crippen LogP contribution in [-0.4, -0.2) is 13.1 Å². The fourth-order valence-electron chi connectivity index (χ4n) is 1.85. The van der Waals surface area contributed by atoms with Crippen molar-refractivity contribution in [2.24, 2.45) is 0 Å². The molecule has 1 atom stereocenters. The number of hydrogen-bond donors (Lipinski definition) is 1. The second kappa shape index (κ2) is 5.99. The average Bonchev–Trinajstić information content (AvgIpc) is 2.90. The van der Waals surface area contributed by atoms with Gasteiger partial charge in [-0.2, -0.15) is 0 Å². The summed E-state index contributed by atoms with van der Waals surface area (Å²) < 4.78 is 0. The molecule has 0 spiro atoms. The topological polar surface area (TPSA) is 12.0 Å². The molecule has 2 aromatic rings. The zero-order chi connectivity index (χ0) is 12.1. The zero-order valence-electron chi connectivity index (χ0n) is 10.4. The number of benzene rings is 1. The zero-order valence-corrected chi connectivity index (χ0v) is 11.3. The molecule has 1 aromatic heterocycles.